The summed E-state index contributed by atoms with van der Waals surface area (Å²) < 4.78 is 0. The van der Waals surface area contributed by atoms with E-state index in [1.807, 2.05) is 0 Å². The first kappa shape index (κ1) is 12.5. The maximum absolute atomic E-state index is 3.49. The van der Waals surface area contributed by atoms with Crippen molar-refractivity contribution in [2.45, 2.75) is 19.9 Å². The number of aromatic nitrogens is 1. The molecule has 98 valence electrons. The molecule has 2 aromatic heterocycles. The molecular weight excluding hydrogens is 252 g/mol. The second kappa shape index (κ2) is 5.59. The van der Waals surface area contributed by atoms with Crippen LogP contribution in [0.3, 0.4) is 0 Å². The van der Waals surface area contributed by atoms with E-state index in [-0.39, 0.29) is 0 Å². The third kappa shape index (κ3) is 2.88. The minimum absolute atomic E-state index is 0.963. The van der Waals surface area contributed by atoms with Gasteiger partial charge in [-0.3, -0.25) is 0 Å². The number of hydrogen-bond acceptors (Lipinski definition) is 2. The molecule has 0 radical (unpaired) electrons. The summed E-state index contributed by atoms with van der Waals surface area (Å²) in [7, 11) is 0. The zero-order valence-electron chi connectivity index (χ0n) is 11.1. The molecule has 0 amide bonds. The van der Waals surface area contributed by atoms with Gasteiger partial charge in [-0.2, -0.15) is 11.3 Å². The molecule has 2 heterocycles. The van der Waals surface area contributed by atoms with E-state index in [9.17, 15) is 0 Å². The molecule has 2 nitrogen and oxygen atoms in total. The molecule has 3 aromatic rings. The van der Waals surface area contributed by atoms with Crippen LogP contribution in [0.25, 0.3) is 10.9 Å². The zero-order valence-corrected chi connectivity index (χ0v) is 11.9. The average molecular weight is 270 g/mol. The third-order valence-corrected chi connectivity index (χ3v) is 4.14. The van der Waals surface area contributed by atoms with Gasteiger partial charge in [-0.25, -0.2) is 0 Å². The lowest BCUT2D eigenvalue weighted by atomic mass is 10.1. The highest BCUT2D eigenvalue weighted by Crippen LogP contribution is 2.19. The van der Waals surface area contributed by atoms with Crippen LogP contribution in [-0.2, 0) is 13.0 Å². The molecule has 0 saturated heterocycles. The molecule has 19 heavy (non-hydrogen) atoms. The van der Waals surface area contributed by atoms with Crippen molar-refractivity contribution in [1.29, 1.82) is 0 Å². The van der Waals surface area contributed by atoms with Gasteiger partial charge in [-0.15, -0.1) is 0 Å². The monoisotopic (exact) mass is 270 g/mol. The van der Waals surface area contributed by atoms with E-state index in [0.717, 1.165) is 19.5 Å². The number of nitrogens with one attached hydrogen (secondary N) is 2. The van der Waals surface area contributed by atoms with E-state index in [1.54, 1.807) is 11.3 Å². The summed E-state index contributed by atoms with van der Waals surface area (Å²) >= 11 is 1.75. The molecule has 3 rings (SSSR count). The predicted molar refractivity (Wildman–Crippen MR) is 82.8 cm³/mol. The molecule has 2 N–H and O–H groups in total. The molecule has 0 atom stereocenters. The molecule has 0 saturated carbocycles. The summed E-state index contributed by atoms with van der Waals surface area (Å²) in [5.74, 6) is 0. The highest BCUT2D eigenvalue weighted by Gasteiger charge is 2.03. The Bertz CT molecular complexity index is 653. The fourth-order valence-corrected chi connectivity index (χ4v) is 3.02. The van der Waals surface area contributed by atoms with Crippen molar-refractivity contribution in [3.05, 3.63) is 57.9 Å². The summed E-state index contributed by atoms with van der Waals surface area (Å²) in [6, 6.07) is 8.78. The van der Waals surface area contributed by atoms with Crippen LogP contribution in [0.5, 0.6) is 0 Å². The van der Waals surface area contributed by atoms with Crippen molar-refractivity contribution >= 4 is 22.2 Å². The molecule has 0 unspecified atom stereocenters. The Balaban J connectivity index is 1.59. The van der Waals surface area contributed by atoms with Crippen LogP contribution >= 0.6 is 11.3 Å². The molecule has 0 spiro atoms. The topological polar surface area (TPSA) is 27.8 Å². The van der Waals surface area contributed by atoms with E-state index in [1.165, 1.54) is 27.6 Å². The second-order valence-electron chi connectivity index (χ2n) is 4.92. The predicted octanol–water partition coefficient (Wildman–Crippen LogP) is 3.87. The van der Waals surface area contributed by atoms with Gasteiger partial charge in [0.1, 0.15) is 0 Å². The number of fused-ring (bicyclic) bond motifs is 1. The van der Waals surface area contributed by atoms with Crippen LogP contribution in [0.15, 0.2) is 41.2 Å². The summed E-state index contributed by atoms with van der Waals surface area (Å²) in [6.45, 7) is 4.10. The van der Waals surface area contributed by atoms with Crippen LogP contribution in [0.1, 0.15) is 16.7 Å². The smallest absolute Gasteiger partial charge is 0.0459 e. The van der Waals surface area contributed by atoms with Gasteiger partial charge in [0.15, 0.2) is 0 Å². The van der Waals surface area contributed by atoms with Gasteiger partial charge in [0, 0.05) is 23.6 Å². The first-order chi connectivity index (χ1) is 9.33. The SMILES string of the molecule is Cc1ccc2c(CCNCc3ccsc3)c[nH]c2c1. The van der Waals surface area contributed by atoms with Crippen LogP contribution in [0.2, 0.25) is 0 Å². The molecule has 0 aliphatic rings. The number of aromatic amines is 1. The zero-order chi connectivity index (χ0) is 13.1. The Morgan fingerprint density at radius 3 is 3.05 bits per heavy atom. The molecule has 3 heteroatoms. The summed E-state index contributed by atoms with van der Waals surface area (Å²) in [4.78, 5) is 3.36. The fraction of sp³-hybridized carbons (Fsp3) is 0.250. The number of rotatable bonds is 5. The van der Waals surface area contributed by atoms with Gasteiger partial charge >= 0.3 is 0 Å². The minimum atomic E-state index is 0.963. The van der Waals surface area contributed by atoms with Gasteiger partial charge in [0.25, 0.3) is 0 Å². The largest absolute Gasteiger partial charge is 0.361 e. The second-order valence-corrected chi connectivity index (χ2v) is 5.70. The first-order valence-electron chi connectivity index (χ1n) is 6.61. The first-order valence-corrected chi connectivity index (χ1v) is 7.55. The van der Waals surface area contributed by atoms with Crippen molar-refractivity contribution in [3.63, 3.8) is 0 Å². The highest BCUT2D eigenvalue weighted by molar-refractivity contribution is 7.07. The van der Waals surface area contributed by atoms with E-state index in [0.29, 0.717) is 0 Å². The Morgan fingerprint density at radius 1 is 1.26 bits per heavy atom. The lowest BCUT2D eigenvalue weighted by molar-refractivity contribution is 0.690. The van der Waals surface area contributed by atoms with Crippen molar-refractivity contribution in [2.24, 2.45) is 0 Å². The number of hydrogen-bond donors (Lipinski definition) is 2. The molecule has 0 bridgehead atoms. The third-order valence-electron chi connectivity index (χ3n) is 3.40. The highest BCUT2D eigenvalue weighted by atomic mass is 32.1. The number of thiophene rings is 1. The van der Waals surface area contributed by atoms with E-state index in [4.69, 9.17) is 0 Å². The fourth-order valence-electron chi connectivity index (χ4n) is 2.36. The molecular formula is C16H18N2S. The lowest BCUT2D eigenvalue weighted by Gasteiger charge is -2.03. The van der Waals surface area contributed by atoms with Crippen LogP contribution in [0, 0.1) is 6.92 Å². The van der Waals surface area contributed by atoms with Crippen LogP contribution < -0.4 is 5.32 Å². The Morgan fingerprint density at radius 2 is 2.21 bits per heavy atom. The van der Waals surface area contributed by atoms with Crippen molar-refractivity contribution in [1.82, 2.24) is 10.3 Å². The number of aryl methyl sites for hydroxylation is 1. The number of H-pyrrole nitrogens is 1. The summed E-state index contributed by atoms with van der Waals surface area (Å²) in [5.41, 5.74) is 5.32. The maximum atomic E-state index is 3.49. The standard InChI is InChI=1S/C16H18N2S/c1-12-2-3-15-14(10-18-16(15)8-12)4-6-17-9-13-5-7-19-11-13/h2-3,5,7-8,10-11,17-18H,4,6,9H2,1H3. The van der Waals surface area contributed by atoms with Crippen molar-refractivity contribution in [3.8, 4) is 0 Å². The quantitative estimate of drug-likeness (QED) is 0.677. The van der Waals surface area contributed by atoms with Crippen molar-refractivity contribution < 1.29 is 0 Å². The normalized spacial score (nSPS) is 11.2. The summed E-state index contributed by atoms with van der Waals surface area (Å²) in [6.07, 6.45) is 3.20. The Kier molecular flexibility index (Phi) is 3.67. The Labute approximate surface area is 117 Å². The lowest BCUT2D eigenvalue weighted by Crippen LogP contribution is -2.16. The number of benzene rings is 1. The van der Waals surface area contributed by atoms with Crippen molar-refractivity contribution in [2.75, 3.05) is 6.54 Å². The molecule has 1 aromatic carbocycles. The average Bonchev–Trinajstić information content (AvgIpc) is 3.03. The minimum Gasteiger partial charge on any atom is -0.361 e. The molecule has 0 fully saturated rings. The van der Waals surface area contributed by atoms with Crippen LogP contribution in [-0.4, -0.2) is 11.5 Å². The summed E-state index contributed by atoms with van der Waals surface area (Å²) in [5, 5.41) is 9.16. The van der Waals surface area contributed by atoms with Gasteiger partial charge in [0.2, 0.25) is 0 Å². The van der Waals surface area contributed by atoms with Gasteiger partial charge in [-0.05, 0) is 59.5 Å². The van der Waals surface area contributed by atoms with E-state index < -0.39 is 0 Å². The maximum Gasteiger partial charge on any atom is 0.0459 e. The van der Waals surface area contributed by atoms with E-state index >= 15 is 0 Å². The molecule has 0 aliphatic heterocycles. The molecule has 0 aliphatic carbocycles. The van der Waals surface area contributed by atoms with Gasteiger partial charge < -0.3 is 10.3 Å². The van der Waals surface area contributed by atoms with E-state index in [2.05, 4.69) is 58.4 Å². The van der Waals surface area contributed by atoms with Crippen LogP contribution in [0.4, 0.5) is 0 Å². The Hall–Kier alpha value is -1.58. The van der Waals surface area contributed by atoms with Gasteiger partial charge in [0.05, 0.1) is 0 Å². The van der Waals surface area contributed by atoms with Gasteiger partial charge in [-0.1, -0.05) is 12.1 Å².